The number of fused-ring (bicyclic) bond motifs is 1. The zero-order valence-electron chi connectivity index (χ0n) is 18.4. The minimum atomic E-state index is -0.405. The average Bonchev–Trinajstić information content (AvgIpc) is 3.56. The smallest absolute Gasteiger partial charge is 0.293 e. The summed E-state index contributed by atoms with van der Waals surface area (Å²) >= 11 is 0.863. The quantitative estimate of drug-likeness (QED) is 0.372. The molecule has 1 aliphatic heterocycles. The Morgan fingerprint density at radius 1 is 1.06 bits per heavy atom. The predicted octanol–water partition coefficient (Wildman–Crippen LogP) is 4.93. The molecule has 35 heavy (non-hydrogen) atoms. The highest BCUT2D eigenvalue weighted by molar-refractivity contribution is 8.18. The first-order valence-electron chi connectivity index (χ1n) is 10.8. The van der Waals surface area contributed by atoms with Crippen molar-refractivity contribution in [2.45, 2.75) is 19.6 Å². The number of carbonyl (C=O) groups is 3. The van der Waals surface area contributed by atoms with Crippen molar-refractivity contribution in [2.24, 2.45) is 0 Å². The zero-order chi connectivity index (χ0) is 24.4. The van der Waals surface area contributed by atoms with Crippen LogP contribution in [0.1, 0.15) is 16.9 Å². The molecule has 3 amide bonds. The molecule has 0 atom stereocenters. The molecule has 0 bridgehead atoms. The molecule has 1 saturated heterocycles. The number of amides is 3. The number of nitrogens with zero attached hydrogens (tertiary/aromatic N) is 2. The van der Waals surface area contributed by atoms with E-state index in [1.54, 1.807) is 47.4 Å². The molecular weight excluding hydrogens is 469 g/mol. The van der Waals surface area contributed by atoms with Crippen LogP contribution in [-0.4, -0.2) is 26.5 Å². The van der Waals surface area contributed by atoms with Gasteiger partial charge in [-0.1, -0.05) is 30.3 Å². The summed E-state index contributed by atoms with van der Waals surface area (Å²) < 4.78 is 20.2. The number of thioether (sulfide) groups is 1. The number of hydrogen-bond acceptors (Lipinski definition) is 5. The number of benzene rings is 2. The largest absolute Gasteiger partial charge is 0.467 e. The van der Waals surface area contributed by atoms with Crippen LogP contribution in [-0.2, 0) is 29.2 Å². The van der Waals surface area contributed by atoms with E-state index in [-0.39, 0.29) is 30.1 Å². The van der Waals surface area contributed by atoms with Crippen molar-refractivity contribution in [3.8, 4) is 0 Å². The predicted molar refractivity (Wildman–Crippen MR) is 130 cm³/mol. The summed E-state index contributed by atoms with van der Waals surface area (Å²) in [7, 11) is 0. The first-order valence-corrected chi connectivity index (χ1v) is 11.7. The number of para-hydroxylation sites is 1. The van der Waals surface area contributed by atoms with E-state index in [4.69, 9.17) is 4.42 Å². The Bertz CT molecular complexity index is 1440. The molecule has 0 radical (unpaired) electrons. The lowest BCUT2D eigenvalue weighted by Crippen LogP contribution is -2.27. The van der Waals surface area contributed by atoms with Gasteiger partial charge in [0.05, 0.1) is 24.3 Å². The lowest BCUT2D eigenvalue weighted by Gasteiger charge is -2.12. The van der Waals surface area contributed by atoms with Gasteiger partial charge >= 0.3 is 0 Å². The van der Waals surface area contributed by atoms with E-state index >= 15 is 0 Å². The monoisotopic (exact) mass is 489 g/mol. The summed E-state index contributed by atoms with van der Waals surface area (Å²) in [5.74, 6) is -0.313. The Hall–Kier alpha value is -4.11. The van der Waals surface area contributed by atoms with Crippen LogP contribution in [0.15, 0.2) is 82.4 Å². The van der Waals surface area contributed by atoms with Crippen molar-refractivity contribution in [3.63, 3.8) is 0 Å². The van der Waals surface area contributed by atoms with Crippen molar-refractivity contribution in [1.82, 2.24) is 14.8 Å². The topological polar surface area (TPSA) is 84.5 Å². The first kappa shape index (κ1) is 22.7. The highest BCUT2D eigenvalue weighted by Gasteiger charge is 2.35. The van der Waals surface area contributed by atoms with Crippen LogP contribution in [0.2, 0.25) is 0 Å². The van der Waals surface area contributed by atoms with E-state index in [0.29, 0.717) is 22.8 Å². The maximum atomic E-state index is 13.2. The van der Waals surface area contributed by atoms with Gasteiger partial charge in [-0.25, -0.2) is 4.39 Å². The summed E-state index contributed by atoms with van der Waals surface area (Å²) in [6.07, 6.45) is 5.02. The fourth-order valence-electron chi connectivity index (χ4n) is 3.88. The molecule has 7 nitrogen and oxygen atoms in total. The summed E-state index contributed by atoms with van der Waals surface area (Å²) in [5.41, 5.74) is 2.22. The normalized spacial score (nSPS) is 14.9. The Labute approximate surface area is 204 Å². The summed E-state index contributed by atoms with van der Waals surface area (Å²) in [4.78, 5) is 39.5. The molecular formula is C26H20FN3O4S. The van der Waals surface area contributed by atoms with Crippen molar-refractivity contribution in [2.75, 3.05) is 0 Å². The van der Waals surface area contributed by atoms with Gasteiger partial charge in [0.25, 0.3) is 11.1 Å². The second-order valence-corrected chi connectivity index (χ2v) is 8.97. The summed E-state index contributed by atoms with van der Waals surface area (Å²) in [6, 6.07) is 16.8. The van der Waals surface area contributed by atoms with Crippen LogP contribution in [0.3, 0.4) is 0 Å². The second-order valence-electron chi connectivity index (χ2n) is 7.98. The molecule has 1 aliphatic rings. The van der Waals surface area contributed by atoms with Gasteiger partial charge in [-0.15, -0.1) is 0 Å². The maximum Gasteiger partial charge on any atom is 0.293 e. The van der Waals surface area contributed by atoms with Crippen LogP contribution < -0.4 is 5.32 Å². The van der Waals surface area contributed by atoms with Gasteiger partial charge in [0.15, 0.2) is 0 Å². The van der Waals surface area contributed by atoms with Gasteiger partial charge in [0.1, 0.15) is 18.1 Å². The molecule has 1 fully saturated rings. The van der Waals surface area contributed by atoms with Crippen molar-refractivity contribution < 1.29 is 23.2 Å². The van der Waals surface area contributed by atoms with Crippen LogP contribution in [0.5, 0.6) is 0 Å². The number of rotatable bonds is 7. The number of furan rings is 1. The molecule has 2 aromatic carbocycles. The number of carbonyl (C=O) groups excluding carboxylic acids is 3. The number of imide groups is 1. The first-order chi connectivity index (χ1) is 17.0. The number of aromatic nitrogens is 1. The Balaban J connectivity index is 1.36. The molecule has 9 heteroatoms. The zero-order valence-corrected chi connectivity index (χ0v) is 19.3. The molecule has 4 aromatic rings. The van der Waals surface area contributed by atoms with E-state index in [1.165, 1.54) is 12.1 Å². The molecule has 0 spiro atoms. The van der Waals surface area contributed by atoms with E-state index in [0.717, 1.165) is 33.1 Å². The molecule has 2 aromatic heterocycles. The third kappa shape index (κ3) is 4.90. The van der Waals surface area contributed by atoms with Crippen molar-refractivity contribution in [1.29, 1.82) is 0 Å². The third-order valence-electron chi connectivity index (χ3n) is 5.59. The molecule has 0 saturated carbocycles. The molecule has 0 aliphatic carbocycles. The van der Waals surface area contributed by atoms with E-state index in [9.17, 15) is 18.8 Å². The molecule has 5 rings (SSSR count). The molecule has 176 valence electrons. The van der Waals surface area contributed by atoms with Crippen molar-refractivity contribution >= 4 is 45.8 Å². The average molecular weight is 490 g/mol. The molecule has 3 heterocycles. The minimum Gasteiger partial charge on any atom is -0.467 e. The van der Waals surface area contributed by atoms with Gasteiger partial charge in [0.2, 0.25) is 5.91 Å². The van der Waals surface area contributed by atoms with E-state index in [1.807, 2.05) is 24.3 Å². The standard InChI is InChI=1S/C26H20FN3O4S/c27-19-9-7-17(8-10-19)14-30-25(32)23(35-26(30)33)12-18-15-29(22-6-2-1-5-21(18)22)16-24(31)28-13-20-4-3-11-34-20/h1-12,15H,13-14,16H2,(H,28,31)/b23-12-. The lowest BCUT2D eigenvalue weighted by molar-refractivity contribution is -0.123. The maximum absolute atomic E-state index is 13.2. The minimum absolute atomic E-state index is 0.0693. The number of hydrogen-bond donors (Lipinski definition) is 1. The lowest BCUT2D eigenvalue weighted by atomic mass is 10.1. The highest BCUT2D eigenvalue weighted by atomic mass is 32.2. The van der Waals surface area contributed by atoms with Gasteiger partial charge in [-0.2, -0.15) is 0 Å². The third-order valence-corrected chi connectivity index (χ3v) is 6.49. The Kier molecular flexibility index (Phi) is 6.24. The fourth-order valence-corrected chi connectivity index (χ4v) is 4.71. The second kappa shape index (κ2) is 9.63. The van der Waals surface area contributed by atoms with Gasteiger partial charge in [-0.3, -0.25) is 19.3 Å². The summed E-state index contributed by atoms with van der Waals surface area (Å²) in [5, 5.41) is 3.30. The molecule has 1 N–H and O–H groups in total. The van der Waals surface area contributed by atoms with Crippen LogP contribution in [0, 0.1) is 5.82 Å². The Morgan fingerprint density at radius 3 is 2.63 bits per heavy atom. The fraction of sp³-hybridized carbons (Fsp3) is 0.115. The highest BCUT2D eigenvalue weighted by Crippen LogP contribution is 2.35. The van der Waals surface area contributed by atoms with Gasteiger partial charge in [0, 0.05) is 22.7 Å². The van der Waals surface area contributed by atoms with E-state index in [2.05, 4.69) is 5.32 Å². The Morgan fingerprint density at radius 2 is 1.86 bits per heavy atom. The van der Waals surface area contributed by atoms with Gasteiger partial charge in [-0.05, 0) is 53.7 Å². The van der Waals surface area contributed by atoms with Crippen LogP contribution in [0.4, 0.5) is 9.18 Å². The number of nitrogens with one attached hydrogen (secondary N) is 1. The van der Waals surface area contributed by atoms with Crippen LogP contribution >= 0.6 is 11.8 Å². The van der Waals surface area contributed by atoms with E-state index < -0.39 is 5.91 Å². The molecule has 0 unspecified atom stereocenters. The van der Waals surface area contributed by atoms with Gasteiger partial charge < -0.3 is 14.3 Å². The SMILES string of the molecule is O=C(Cn1cc(/C=C2\SC(=O)N(Cc3ccc(F)cc3)C2=O)c2ccccc21)NCc1ccco1. The summed E-state index contributed by atoms with van der Waals surface area (Å²) in [6.45, 7) is 0.445. The number of halogens is 1. The van der Waals surface area contributed by atoms with Crippen LogP contribution in [0.25, 0.3) is 17.0 Å². The van der Waals surface area contributed by atoms with Crippen molar-refractivity contribution in [3.05, 3.63) is 101 Å².